The average molecular weight is 323 g/mol. The van der Waals surface area contributed by atoms with Gasteiger partial charge in [-0.05, 0) is 24.5 Å². The molecule has 0 bridgehead atoms. The molecule has 0 aromatic heterocycles. The number of rotatable bonds is 3. The van der Waals surface area contributed by atoms with Gasteiger partial charge in [-0.1, -0.05) is 19.1 Å². The van der Waals surface area contributed by atoms with Gasteiger partial charge in [0.25, 0.3) is 0 Å². The first-order valence-electron chi connectivity index (χ1n) is 6.48. The highest BCUT2D eigenvalue weighted by Gasteiger charge is 2.43. The number of alkyl halides is 3. The van der Waals surface area contributed by atoms with E-state index in [1.165, 1.54) is 6.07 Å². The van der Waals surface area contributed by atoms with Crippen molar-refractivity contribution in [2.45, 2.75) is 30.5 Å². The van der Waals surface area contributed by atoms with Gasteiger partial charge in [0.05, 0.1) is 23.1 Å². The van der Waals surface area contributed by atoms with Crippen LogP contribution < -0.4 is 0 Å². The van der Waals surface area contributed by atoms with Crippen molar-refractivity contribution in [1.29, 1.82) is 0 Å². The van der Waals surface area contributed by atoms with Crippen molar-refractivity contribution >= 4 is 10.0 Å². The molecule has 1 fully saturated rings. The SMILES string of the molecule is CC1CCN(S(=O)(=O)c2ccccc2C(F)(F)F)C1CO. The van der Waals surface area contributed by atoms with Gasteiger partial charge in [-0.15, -0.1) is 0 Å². The predicted molar refractivity (Wildman–Crippen MR) is 70.0 cm³/mol. The monoisotopic (exact) mass is 323 g/mol. The average Bonchev–Trinajstić information content (AvgIpc) is 2.79. The minimum absolute atomic E-state index is 0.0946. The zero-order valence-electron chi connectivity index (χ0n) is 11.3. The largest absolute Gasteiger partial charge is 0.417 e. The Morgan fingerprint density at radius 2 is 1.95 bits per heavy atom. The molecule has 118 valence electrons. The summed E-state index contributed by atoms with van der Waals surface area (Å²) in [4.78, 5) is -0.759. The molecule has 0 saturated carbocycles. The van der Waals surface area contributed by atoms with Gasteiger partial charge in [-0.25, -0.2) is 8.42 Å². The molecule has 2 unspecified atom stereocenters. The second kappa shape index (κ2) is 5.58. The molecule has 1 aromatic rings. The number of hydrogen-bond donors (Lipinski definition) is 1. The summed E-state index contributed by atoms with van der Waals surface area (Å²) in [6, 6.07) is 3.43. The Bertz CT molecular complexity index is 615. The van der Waals surface area contributed by atoms with Gasteiger partial charge in [0.2, 0.25) is 10.0 Å². The van der Waals surface area contributed by atoms with Crippen molar-refractivity contribution in [2.75, 3.05) is 13.2 Å². The quantitative estimate of drug-likeness (QED) is 0.927. The Labute approximate surface area is 121 Å². The molecule has 2 rings (SSSR count). The van der Waals surface area contributed by atoms with Crippen molar-refractivity contribution in [3.63, 3.8) is 0 Å². The number of benzene rings is 1. The molecule has 0 spiro atoms. The lowest BCUT2D eigenvalue weighted by Crippen LogP contribution is -2.40. The third-order valence-corrected chi connectivity index (χ3v) is 5.78. The standard InChI is InChI=1S/C13H16F3NO3S/c1-9-6-7-17(11(9)8-18)21(19,20)12-5-3-2-4-10(12)13(14,15)16/h2-5,9,11,18H,6-8H2,1H3. The van der Waals surface area contributed by atoms with E-state index in [1.807, 2.05) is 0 Å². The molecular formula is C13H16F3NO3S. The van der Waals surface area contributed by atoms with Crippen molar-refractivity contribution < 1.29 is 26.7 Å². The number of halogens is 3. The first-order chi connectivity index (χ1) is 9.69. The van der Waals surface area contributed by atoms with Crippen LogP contribution in [-0.2, 0) is 16.2 Å². The Balaban J connectivity index is 2.51. The van der Waals surface area contributed by atoms with E-state index in [9.17, 15) is 26.7 Å². The number of hydrogen-bond acceptors (Lipinski definition) is 3. The van der Waals surface area contributed by atoms with Gasteiger partial charge < -0.3 is 5.11 Å². The zero-order valence-corrected chi connectivity index (χ0v) is 12.2. The van der Waals surface area contributed by atoms with Crippen LogP contribution in [-0.4, -0.2) is 37.0 Å². The van der Waals surface area contributed by atoms with Crippen molar-refractivity contribution in [3.05, 3.63) is 29.8 Å². The van der Waals surface area contributed by atoms with E-state index in [4.69, 9.17) is 0 Å². The second-order valence-corrected chi connectivity index (χ2v) is 6.98. The lowest BCUT2D eigenvalue weighted by Gasteiger charge is -2.25. The van der Waals surface area contributed by atoms with E-state index < -0.39 is 39.3 Å². The summed E-state index contributed by atoms with van der Waals surface area (Å²) in [6.07, 6.45) is -4.23. The van der Waals surface area contributed by atoms with Gasteiger partial charge in [0.1, 0.15) is 0 Å². The maximum absolute atomic E-state index is 13.0. The van der Waals surface area contributed by atoms with E-state index in [0.29, 0.717) is 6.42 Å². The van der Waals surface area contributed by atoms with Crippen LogP contribution in [0.4, 0.5) is 13.2 Å². The Morgan fingerprint density at radius 1 is 1.33 bits per heavy atom. The van der Waals surface area contributed by atoms with Crippen LogP contribution in [0.3, 0.4) is 0 Å². The molecule has 0 amide bonds. The fourth-order valence-corrected chi connectivity index (χ4v) is 4.54. The number of sulfonamides is 1. The van der Waals surface area contributed by atoms with Gasteiger partial charge in [0, 0.05) is 6.54 Å². The molecular weight excluding hydrogens is 307 g/mol. The highest BCUT2D eigenvalue weighted by atomic mass is 32.2. The summed E-state index contributed by atoms with van der Waals surface area (Å²) < 4.78 is 65.0. The Kier molecular flexibility index (Phi) is 4.32. The van der Waals surface area contributed by atoms with Crippen LogP contribution in [0.2, 0.25) is 0 Å². The van der Waals surface area contributed by atoms with Crippen LogP contribution in [0.25, 0.3) is 0 Å². The lowest BCUT2D eigenvalue weighted by molar-refractivity contribution is -0.139. The highest BCUT2D eigenvalue weighted by Crippen LogP contribution is 2.37. The van der Waals surface area contributed by atoms with E-state index in [1.54, 1.807) is 6.92 Å². The zero-order chi connectivity index (χ0) is 15.8. The molecule has 1 aliphatic heterocycles. The summed E-state index contributed by atoms with van der Waals surface area (Å²) in [6.45, 7) is 1.47. The Morgan fingerprint density at radius 3 is 2.52 bits per heavy atom. The first kappa shape index (κ1) is 16.3. The molecule has 2 atom stereocenters. The first-order valence-corrected chi connectivity index (χ1v) is 7.92. The number of aliphatic hydroxyl groups is 1. The molecule has 0 aliphatic carbocycles. The van der Waals surface area contributed by atoms with Crippen molar-refractivity contribution in [1.82, 2.24) is 4.31 Å². The molecule has 1 saturated heterocycles. The predicted octanol–water partition coefficient (Wildman–Crippen LogP) is 2.10. The minimum atomic E-state index is -4.75. The minimum Gasteiger partial charge on any atom is -0.395 e. The molecule has 0 radical (unpaired) electrons. The summed E-state index contributed by atoms with van der Waals surface area (Å²) in [7, 11) is -4.29. The topological polar surface area (TPSA) is 57.6 Å². The maximum atomic E-state index is 13.0. The summed E-state index contributed by atoms with van der Waals surface area (Å²) in [5, 5.41) is 9.32. The van der Waals surface area contributed by atoms with E-state index in [-0.39, 0.29) is 12.5 Å². The molecule has 1 aromatic carbocycles. The molecule has 1 N–H and O–H groups in total. The smallest absolute Gasteiger partial charge is 0.395 e. The molecule has 1 heterocycles. The molecule has 21 heavy (non-hydrogen) atoms. The Hall–Kier alpha value is -1.12. The van der Waals surface area contributed by atoms with Crippen LogP contribution in [0, 0.1) is 5.92 Å². The van der Waals surface area contributed by atoms with E-state index >= 15 is 0 Å². The number of aliphatic hydroxyl groups excluding tert-OH is 1. The van der Waals surface area contributed by atoms with Crippen LogP contribution in [0.1, 0.15) is 18.9 Å². The van der Waals surface area contributed by atoms with Gasteiger partial charge in [-0.2, -0.15) is 17.5 Å². The van der Waals surface area contributed by atoms with E-state index in [2.05, 4.69) is 0 Å². The fourth-order valence-electron chi connectivity index (χ4n) is 2.59. The summed E-state index contributed by atoms with van der Waals surface area (Å²) in [5.41, 5.74) is -1.18. The van der Waals surface area contributed by atoms with Crippen molar-refractivity contribution in [2.24, 2.45) is 5.92 Å². The van der Waals surface area contributed by atoms with E-state index in [0.717, 1.165) is 22.5 Å². The summed E-state index contributed by atoms with van der Waals surface area (Å²) >= 11 is 0. The molecule has 4 nitrogen and oxygen atoms in total. The van der Waals surface area contributed by atoms with Crippen LogP contribution in [0.15, 0.2) is 29.2 Å². The third-order valence-electron chi connectivity index (χ3n) is 3.80. The normalized spacial score (nSPS) is 24.4. The highest BCUT2D eigenvalue weighted by molar-refractivity contribution is 7.89. The second-order valence-electron chi connectivity index (χ2n) is 5.13. The van der Waals surface area contributed by atoms with Gasteiger partial charge >= 0.3 is 6.18 Å². The van der Waals surface area contributed by atoms with Crippen molar-refractivity contribution in [3.8, 4) is 0 Å². The summed E-state index contributed by atoms with van der Waals surface area (Å²) in [5.74, 6) is -0.0946. The fraction of sp³-hybridized carbons (Fsp3) is 0.538. The van der Waals surface area contributed by atoms with Gasteiger partial charge in [-0.3, -0.25) is 0 Å². The maximum Gasteiger partial charge on any atom is 0.417 e. The molecule has 1 aliphatic rings. The molecule has 8 heteroatoms. The van der Waals surface area contributed by atoms with Gasteiger partial charge in [0.15, 0.2) is 0 Å². The lowest BCUT2D eigenvalue weighted by atomic mass is 10.0. The van der Waals surface area contributed by atoms with Crippen LogP contribution >= 0.6 is 0 Å². The third kappa shape index (κ3) is 2.93. The van der Waals surface area contributed by atoms with Crippen LogP contribution in [0.5, 0.6) is 0 Å². The number of nitrogens with zero attached hydrogens (tertiary/aromatic N) is 1.